The van der Waals surface area contributed by atoms with Crippen molar-refractivity contribution in [3.05, 3.63) is 36.6 Å². The van der Waals surface area contributed by atoms with Crippen molar-refractivity contribution in [2.75, 3.05) is 41.8 Å². The van der Waals surface area contributed by atoms with E-state index in [4.69, 9.17) is 4.74 Å². The molecule has 1 fully saturated rings. The topological polar surface area (TPSA) is 119 Å². The van der Waals surface area contributed by atoms with E-state index in [2.05, 4.69) is 40.5 Å². The maximum absolute atomic E-state index is 13.1. The lowest BCUT2D eigenvalue weighted by molar-refractivity contribution is -0.140. The number of hydrogen-bond donors (Lipinski definition) is 2. The van der Waals surface area contributed by atoms with Gasteiger partial charge < -0.3 is 24.8 Å². The largest absolute Gasteiger partial charge is 0.406 e. The number of anilines is 4. The molecular weight excluding hydrogens is 448 g/mol. The van der Waals surface area contributed by atoms with E-state index in [-0.39, 0.29) is 17.7 Å². The molecule has 33 heavy (non-hydrogen) atoms. The van der Waals surface area contributed by atoms with Gasteiger partial charge in [-0.05, 0) is 6.92 Å². The summed E-state index contributed by atoms with van der Waals surface area (Å²) >= 11 is 0. The van der Waals surface area contributed by atoms with Crippen molar-refractivity contribution >= 4 is 23.7 Å². The number of nitrogens with zero attached hydrogens (tertiary/aromatic N) is 8. The highest BCUT2D eigenvalue weighted by atomic mass is 19.4. The minimum absolute atomic E-state index is 0.0819. The maximum atomic E-state index is 13.1. The van der Waals surface area contributed by atoms with E-state index in [1.165, 1.54) is 6.20 Å². The molecule has 4 heterocycles. The van der Waals surface area contributed by atoms with Gasteiger partial charge in [-0.2, -0.15) is 28.1 Å². The van der Waals surface area contributed by atoms with Gasteiger partial charge in [0.15, 0.2) is 11.6 Å². The monoisotopic (exact) mass is 468 g/mol. The third kappa shape index (κ3) is 6.21. The number of ether oxygens (including phenoxy) is 1. The summed E-state index contributed by atoms with van der Waals surface area (Å²) in [5.74, 6) is 0.504. The van der Waals surface area contributed by atoms with Crippen LogP contribution in [0.1, 0.15) is 18.8 Å². The molecule has 3 aromatic heterocycles. The highest BCUT2D eigenvalue weighted by Gasteiger charge is 2.28. The molecule has 0 aliphatic carbocycles. The van der Waals surface area contributed by atoms with Crippen LogP contribution in [0.4, 0.5) is 41.2 Å². The van der Waals surface area contributed by atoms with Gasteiger partial charge in [0.2, 0.25) is 17.8 Å². The van der Waals surface area contributed by atoms with E-state index in [1.807, 2.05) is 4.90 Å². The lowest BCUT2D eigenvalue weighted by atomic mass is 10.3. The summed E-state index contributed by atoms with van der Waals surface area (Å²) in [6.45, 7) is 2.69. The van der Waals surface area contributed by atoms with Crippen LogP contribution in [0.3, 0.4) is 0 Å². The second-order valence-corrected chi connectivity index (χ2v) is 7.18. The quantitative estimate of drug-likeness (QED) is 0.500. The van der Waals surface area contributed by atoms with E-state index in [9.17, 15) is 17.6 Å². The Balaban J connectivity index is 1.57. The Kier molecular flexibility index (Phi) is 6.48. The van der Waals surface area contributed by atoms with E-state index < -0.39 is 24.6 Å². The summed E-state index contributed by atoms with van der Waals surface area (Å²) in [4.78, 5) is 26.8. The zero-order chi connectivity index (χ0) is 23.4. The molecule has 0 radical (unpaired) electrons. The number of rotatable bonds is 7. The third-order valence-corrected chi connectivity index (χ3v) is 4.53. The van der Waals surface area contributed by atoms with Crippen LogP contribution in [0.5, 0.6) is 0 Å². The Morgan fingerprint density at radius 1 is 1.06 bits per heavy atom. The third-order valence-electron chi connectivity index (χ3n) is 4.53. The lowest BCUT2D eigenvalue weighted by Crippen LogP contribution is -2.37. The molecule has 2 N–H and O–H groups in total. The summed E-state index contributed by atoms with van der Waals surface area (Å²) in [7, 11) is 0. The van der Waals surface area contributed by atoms with Crippen LogP contribution in [0.2, 0.25) is 0 Å². The van der Waals surface area contributed by atoms with Gasteiger partial charge in [-0.15, -0.1) is 0 Å². The van der Waals surface area contributed by atoms with Crippen LogP contribution in [0.15, 0.2) is 24.9 Å². The second-order valence-electron chi connectivity index (χ2n) is 7.18. The molecule has 11 nitrogen and oxygen atoms in total. The Labute approximate surface area is 185 Å². The van der Waals surface area contributed by atoms with Crippen LogP contribution in [0.25, 0.3) is 0 Å². The molecule has 0 saturated carbocycles. The number of halogens is 4. The first-order valence-corrected chi connectivity index (χ1v) is 9.93. The van der Waals surface area contributed by atoms with Crippen LogP contribution >= 0.6 is 0 Å². The molecule has 1 aliphatic rings. The summed E-state index contributed by atoms with van der Waals surface area (Å²) in [5, 5.41) is 5.85. The minimum atomic E-state index is -4.37. The summed E-state index contributed by atoms with van der Waals surface area (Å²) in [5.41, 5.74) is 0. The summed E-state index contributed by atoms with van der Waals surface area (Å²) in [6, 6.07) is -0.468. The lowest BCUT2D eigenvalue weighted by Gasteiger charge is -2.27. The van der Waals surface area contributed by atoms with Crippen LogP contribution in [-0.2, 0) is 11.3 Å². The fraction of sp³-hybridized carbons (Fsp3) is 0.444. The van der Waals surface area contributed by atoms with Crippen molar-refractivity contribution in [1.29, 1.82) is 0 Å². The molecule has 0 amide bonds. The predicted molar refractivity (Wildman–Crippen MR) is 108 cm³/mol. The van der Waals surface area contributed by atoms with Crippen molar-refractivity contribution in [2.45, 2.75) is 25.7 Å². The molecule has 1 saturated heterocycles. The Bertz CT molecular complexity index is 1070. The van der Waals surface area contributed by atoms with Crippen molar-refractivity contribution in [3.63, 3.8) is 0 Å². The van der Waals surface area contributed by atoms with Crippen molar-refractivity contribution in [2.24, 2.45) is 0 Å². The molecule has 15 heteroatoms. The number of aromatic nitrogens is 7. The molecule has 0 bridgehead atoms. The first-order valence-electron chi connectivity index (χ1n) is 9.93. The number of imidazole rings is 1. The predicted octanol–water partition coefficient (Wildman–Crippen LogP) is 2.31. The normalized spacial score (nSPS) is 15.4. The smallest absolute Gasteiger partial charge is 0.378 e. The molecule has 3 aromatic rings. The second kappa shape index (κ2) is 9.48. The summed E-state index contributed by atoms with van der Waals surface area (Å²) in [6.07, 6.45) is -0.000257. The summed E-state index contributed by atoms with van der Waals surface area (Å²) < 4.78 is 57.2. The first kappa shape index (κ1) is 22.6. The fourth-order valence-electron chi connectivity index (χ4n) is 3.03. The molecular formula is C18H20F4N10O. The SMILES string of the molecule is C[C@H](Nc1nc(Nc2cn(CC(F)(F)F)cn2)nc(N2CCOCC2)n1)c1ncc(F)cn1. The molecule has 0 aromatic carbocycles. The van der Waals surface area contributed by atoms with Gasteiger partial charge in [0.1, 0.15) is 12.4 Å². The van der Waals surface area contributed by atoms with Gasteiger partial charge in [0, 0.05) is 19.3 Å². The molecule has 1 atom stereocenters. The Morgan fingerprint density at radius 3 is 2.45 bits per heavy atom. The number of alkyl halides is 3. The van der Waals surface area contributed by atoms with Gasteiger partial charge in [-0.1, -0.05) is 0 Å². The molecule has 4 rings (SSSR count). The van der Waals surface area contributed by atoms with Crippen molar-refractivity contribution in [3.8, 4) is 0 Å². The van der Waals surface area contributed by atoms with E-state index >= 15 is 0 Å². The number of nitrogens with one attached hydrogen (secondary N) is 2. The van der Waals surface area contributed by atoms with Gasteiger partial charge in [-0.3, -0.25) is 0 Å². The van der Waals surface area contributed by atoms with Gasteiger partial charge in [-0.25, -0.2) is 19.3 Å². The molecule has 0 unspecified atom stereocenters. The van der Waals surface area contributed by atoms with Crippen molar-refractivity contribution < 1.29 is 22.3 Å². The molecule has 1 aliphatic heterocycles. The van der Waals surface area contributed by atoms with E-state index in [1.54, 1.807) is 6.92 Å². The molecule has 176 valence electrons. The number of morpholine rings is 1. The van der Waals surface area contributed by atoms with Gasteiger partial charge >= 0.3 is 6.18 Å². The standard InChI is InChI=1S/C18H20F4N10O/c1-11(14-23-6-12(19)7-24-14)26-15-28-16(30-17(29-15)32-2-4-33-5-3-32)27-13-8-31(10-25-13)9-18(20,21)22/h6-8,10-11H,2-5,9H2,1H3,(H2,26,27,28,29,30)/t11-/m0/s1. The highest BCUT2D eigenvalue weighted by molar-refractivity contribution is 5.52. The highest BCUT2D eigenvalue weighted by Crippen LogP contribution is 2.22. The van der Waals surface area contributed by atoms with Crippen LogP contribution in [0, 0.1) is 5.82 Å². The first-order chi connectivity index (χ1) is 15.7. The van der Waals surface area contributed by atoms with Gasteiger partial charge in [0.05, 0.1) is 38.0 Å². The van der Waals surface area contributed by atoms with Crippen LogP contribution < -0.4 is 15.5 Å². The average molecular weight is 468 g/mol. The Hall–Kier alpha value is -3.62. The van der Waals surface area contributed by atoms with Gasteiger partial charge in [0.25, 0.3) is 0 Å². The molecule has 0 spiro atoms. The average Bonchev–Trinajstić information content (AvgIpc) is 3.19. The zero-order valence-corrected chi connectivity index (χ0v) is 17.4. The fourth-order valence-corrected chi connectivity index (χ4v) is 3.03. The van der Waals surface area contributed by atoms with Crippen molar-refractivity contribution in [1.82, 2.24) is 34.5 Å². The number of hydrogen-bond acceptors (Lipinski definition) is 10. The Morgan fingerprint density at radius 2 is 1.76 bits per heavy atom. The van der Waals surface area contributed by atoms with E-state index in [0.29, 0.717) is 38.1 Å². The minimum Gasteiger partial charge on any atom is -0.378 e. The maximum Gasteiger partial charge on any atom is 0.406 e. The zero-order valence-electron chi connectivity index (χ0n) is 17.4. The van der Waals surface area contributed by atoms with E-state index in [0.717, 1.165) is 23.3 Å². The van der Waals surface area contributed by atoms with Crippen LogP contribution in [-0.4, -0.2) is 67.0 Å².